The first-order valence-electron chi connectivity index (χ1n) is 27.8. The van der Waals surface area contributed by atoms with E-state index in [9.17, 15) is 0 Å². The molecule has 0 saturated carbocycles. The average Bonchev–Trinajstić information content (AvgIpc) is 4.61. The Kier molecular flexibility index (Phi) is 15.4. The van der Waals surface area contributed by atoms with Crippen molar-refractivity contribution >= 4 is 69.3 Å². The Morgan fingerprint density at radius 1 is 0.376 bits per heavy atom. The summed E-state index contributed by atoms with van der Waals surface area (Å²) >= 11 is 0. The van der Waals surface area contributed by atoms with Gasteiger partial charge in [-0.15, -0.1) is 0 Å². The minimum Gasteiger partial charge on any atom is -0.341 e. The van der Waals surface area contributed by atoms with E-state index in [-0.39, 0.29) is 0 Å². The molecule has 12 aromatic heterocycles. The maximum absolute atomic E-state index is 4.55. The van der Waals surface area contributed by atoms with E-state index < -0.39 is 0 Å². The fraction of sp³-hybridized carbons (Fsp3) is 0.321. The summed E-state index contributed by atoms with van der Waals surface area (Å²) in [6, 6.07) is 0.570. The molecule has 85 heavy (non-hydrogen) atoms. The lowest BCUT2D eigenvalue weighted by Crippen LogP contribution is -2.49. The van der Waals surface area contributed by atoms with Gasteiger partial charge in [0.05, 0.1) is 109 Å². The van der Waals surface area contributed by atoms with Crippen molar-refractivity contribution < 1.29 is 0 Å². The molecule has 0 radical (unpaired) electrons. The zero-order valence-corrected chi connectivity index (χ0v) is 46.8. The first kappa shape index (κ1) is 53.5. The van der Waals surface area contributed by atoms with Gasteiger partial charge in [-0.25, -0.2) is 73.4 Å². The Labute approximate surface area is 484 Å². The normalized spacial score (nSPS) is 15.0. The summed E-state index contributed by atoms with van der Waals surface area (Å²) in [4.78, 5) is 65.0. The highest BCUT2D eigenvalue weighted by molar-refractivity contribution is 5.75. The lowest BCUT2D eigenvalue weighted by molar-refractivity contribution is 0.208. The van der Waals surface area contributed by atoms with Crippen LogP contribution in [0.3, 0.4) is 0 Å². The second-order valence-electron chi connectivity index (χ2n) is 20.6. The van der Waals surface area contributed by atoms with Gasteiger partial charge < -0.3 is 35.6 Å². The molecule has 32 nitrogen and oxygen atoms in total. The second-order valence-corrected chi connectivity index (χ2v) is 20.6. The number of likely N-dealkylation sites (N-methyl/N-ethyl adjacent to an activating group) is 1. The third kappa shape index (κ3) is 11.8. The average molecular weight is 1150 g/mol. The summed E-state index contributed by atoms with van der Waals surface area (Å²) in [5.74, 6) is 4.03. The van der Waals surface area contributed by atoms with Crippen LogP contribution in [0.15, 0.2) is 112 Å². The van der Waals surface area contributed by atoms with Gasteiger partial charge in [0.25, 0.3) is 0 Å². The smallest absolute Gasteiger partial charge is 0.225 e. The van der Waals surface area contributed by atoms with Gasteiger partial charge in [-0.1, -0.05) is 0 Å². The second kappa shape index (κ2) is 24.4. The van der Waals surface area contributed by atoms with Crippen molar-refractivity contribution in [3.63, 3.8) is 0 Å². The molecule has 0 atom stereocenters. The highest BCUT2D eigenvalue weighted by Crippen LogP contribution is 2.28. The Morgan fingerprint density at radius 3 is 1.05 bits per heavy atom. The van der Waals surface area contributed by atoms with E-state index >= 15 is 0 Å². The Bertz CT molecular complexity index is 4040. The van der Waals surface area contributed by atoms with Crippen LogP contribution in [-0.2, 0) is 0 Å². The lowest BCUT2D eigenvalue weighted by atomic mass is 10.1. The van der Waals surface area contributed by atoms with Gasteiger partial charge in [-0.2, -0.15) is 30.6 Å². The number of fused-ring (bicyclic) bond motifs is 3. The third-order valence-corrected chi connectivity index (χ3v) is 14.7. The summed E-state index contributed by atoms with van der Waals surface area (Å²) in [5, 5.41) is 43.0. The number of nitrogens with one attached hydrogen (secondary N) is 6. The number of aromatic amines is 3. The van der Waals surface area contributed by atoms with Gasteiger partial charge in [0.15, 0.2) is 34.4 Å². The number of hydrogen-bond donors (Lipinski definition) is 6. The van der Waals surface area contributed by atoms with E-state index in [1.54, 1.807) is 106 Å². The van der Waals surface area contributed by atoms with Crippen LogP contribution in [0.2, 0.25) is 0 Å². The van der Waals surface area contributed by atoms with Gasteiger partial charge in [-0.3, -0.25) is 20.2 Å². The van der Waals surface area contributed by atoms with Crippen molar-refractivity contribution in [2.24, 2.45) is 0 Å². The Hall–Kier alpha value is -10.8. The highest BCUT2D eigenvalue weighted by Gasteiger charge is 2.22. The fourth-order valence-electron chi connectivity index (χ4n) is 10.1. The van der Waals surface area contributed by atoms with Gasteiger partial charge in [-0.05, 0) is 40.2 Å². The number of hydrogen-bond acceptors (Lipinski definition) is 26. The van der Waals surface area contributed by atoms with Gasteiger partial charge in [0.1, 0.15) is 19.0 Å². The minimum atomic E-state index is 0.570. The molecule has 3 aliphatic rings. The van der Waals surface area contributed by atoms with Gasteiger partial charge >= 0.3 is 0 Å². The van der Waals surface area contributed by atoms with Crippen LogP contribution in [0.4, 0.5) is 52.4 Å². The molecule has 15 heterocycles. The molecular formula is C53H60N32. The first-order valence-corrected chi connectivity index (χ1v) is 27.8. The maximum atomic E-state index is 4.55. The number of nitrogens with zero attached hydrogens (tertiary/aromatic N) is 26. The third-order valence-electron chi connectivity index (χ3n) is 14.7. The predicted octanol–water partition coefficient (Wildman–Crippen LogP) is 4.42. The van der Waals surface area contributed by atoms with Crippen LogP contribution in [-0.4, -0.2) is 208 Å². The summed E-state index contributed by atoms with van der Waals surface area (Å²) in [6.07, 6.45) is 34.5. The van der Waals surface area contributed by atoms with Crippen LogP contribution in [0.25, 0.3) is 50.7 Å². The molecule has 0 bridgehead atoms. The zero-order chi connectivity index (χ0) is 57.5. The number of piperidine rings is 1. The van der Waals surface area contributed by atoms with Crippen LogP contribution < -0.4 is 30.7 Å². The van der Waals surface area contributed by atoms with Gasteiger partial charge in [0.2, 0.25) is 17.8 Å². The van der Waals surface area contributed by atoms with E-state index in [0.717, 1.165) is 134 Å². The largest absolute Gasteiger partial charge is 0.341 e. The fourth-order valence-corrected chi connectivity index (χ4v) is 10.1. The molecule has 0 unspecified atom stereocenters. The van der Waals surface area contributed by atoms with Crippen LogP contribution >= 0.6 is 0 Å². The van der Waals surface area contributed by atoms with E-state index in [4.69, 9.17) is 0 Å². The first-order chi connectivity index (χ1) is 41.8. The van der Waals surface area contributed by atoms with Crippen molar-refractivity contribution in [2.75, 3.05) is 103 Å². The molecule has 0 aromatic carbocycles. The van der Waals surface area contributed by atoms with Crippen molar-refractivity contribution in [1.29, 1.82) is 0 Å². The number of aromatic nitrogens is 24. The molecule has 32 heteroatoms. The molecule has 0 spiro atoms. The Balaban J connectivity index is 0.000000119. The Morgan fingerprint density at radius 2 is 0.718 bits per heavy atom. The molecule has 432 valence electrons. The molecule has 0 amide bonds. The number of anilines is 9. The quantitative estimate of drug-likeness (QED) is 0.0930. The molecule has 0 aliphatic carbocycles. The monoisotopic (exact) mass is 1140 g/mol. The number of rotatable bonds is 13. The summed E-state index contributed by atoms with van der Waals surface area (Å²) in [5.41, 5.74) is 9.14. The molecule has 15 rings (SSSR count). The minimum absolute atomic E-state index is 0.570. The van der Waals surface area contributed by atoms with E-state index in [1.807, 2.05) is 0 Å². The van der Waals surface area contributed by atoms with Crippen molar-refractivity contribution in [3.05, 3.63) is 112 Å². The van der Waals surface area contributed by atoms with Crippen molar-refractivity contribution in [1.82, 2.24) is 129 Å². The molecule has 3 aliphatic heterocycles. The van der Waals surface area contributed by atoms with Crippen LogP contribution in [0, 0.1) is 0 Å². The predicted molar refractivity (Wildman–Crippen MR) is 316 cm³/mol. The molecule has 12 aromatic rings. The molecular weight excluding hydrogens is 1080 g/mol. The van der Waals surface area contributed by atoms with Crippen molar-refractivity contribution in [3.8, 4) is 33.8 Å². The van der Waals surface area contributed by atoms with E-state index in [1.165, 1.54) is 38.2 Å². The highest BCUT2D eigenvalue weighted by atomic mass is 15.4. The van der Waals surface area contributed by atoms with Crippen LogP contribution in [0.5, 0.6) is 0 Å². The maximum Gasteiger partial charge on any atom is 0.225 e. The molecule has 6 N–H and O–H groups in total. The lowest BCUT2D eigenvalue weighted by Gasteiger charge is -2.36. The molecule has 3 fully saturated rings. The van der Waals surface area contributed by atoms with Crippen molar-refractivity contribution in [2.45, 2.75) is 39.2 Å². The summed E-state index contributed by atoms with van der Waals surface area (Å²) in [7, 11) is 2.13. The standard InChI is InChI=1S/C19H23N11.C17H19N11.C17H18N10/c1-13(2)28-3-5-29(6-4-28)19-21-9-15(10-22-19)27-17-18-23-12-26-30(18)16(11-20-17)14-7-24-25-8-14;1-26-2-4-27(5-3-26)17-19-8-13(9-20-17)25-15-16-21-11-24-28(16)14(10-18-15)12-6-22-23-7-12;1-2-4-26(5-3-1)17-19-8-13(9-20-17)25-15-16-21-11-24-27(16)14(10-18-15)12-6-22-23-7-12/h7-13H,3-6H2,1-2H3,(H,20,27)(H,24,25);6-11H,2-5H2,1H3,(H,18,25)(H,22,23);6-11H,1-5H2,(H,18,25)(H,22,23). The summed E-state index contributed by atoms with van der Waals surface area (Å²) in [6.45, 7) is 14.3. The summed E-state index contributed by atoms with van der Waals surface area (Å²) < 4.78 is 5.17. The van der Waals surface area contributed by atoms with Gasteiger partial charge in [0, 0.05) is 107 Å². The number of H-pyrrole nitrogens is 3. The molecule has 3 saturated heterocycles. The topological polar surface area (TPSA) is 345 Å². The SMILES string of the molecule is CC(C)N1CCN(c2ncc(Nc3ncc(-c4cn[nH]c4)n4ncnc34)cn2)CC1.CN1CCN(c2ncc(Nc3ncc(-c4cn[nH]c4)n4ncnc34)cn2)CC1.c1nc2c(Nc3cnc(N4CCCCC4)nc3)ncc(-c3cn[nH]c3)n2n1. The van der Waals surface area contributed by atoms with Crippen LogP contribution in [0.1, 0.15) is 33.1 Å². The van der Waals surface area contributed by atoms with E-state index in [0.29, 0.717) is 40.4 Å². The number of piperazine rings is 2. The zero-order valence-electron chi connectivity index (χ0n) is 46.8. The van der Waals surface area contributed by atoms with E-state index in [2.05, 4.69) is 167 Å².